The van der Waals surface area contributed by atoms with Crippen LogP contribution in [0.25, 0.3) is 0 Å². The van der Waals surface area contributed by atoms with E-state index in [0.29, 0.717) is 17.1 Å². The Morgan fingerprint density at radius 1 is 1.37 bits per heavy atom. The van der Waals surface area contributed by atoms with Crippen LogP contribution >= 0.6 is 15.9 Å². The van der Waals surface area contributed by atoms with E-state index in [0.717, 1.165) is 10.0 Å². The van der Waals surface area contributed by atoms with Crippen molar-refractivity contribution < 1.29 is 4.39 Å². The molecule has 1 aromatic carbocycles. The van der Waals surface area contributed by atoms with Crippen LogP contribution in [0.2, 0.25) is 0 Å². The maximum Gasteiger partial charge on any atom is 0.140 e. The first-order chi connectivity index (χ1) is 8.97. The fourth-order valence-electron chi connectivity index (χ4n) is 1.73. The summed E-state index contributed by atoms with van der Waals surface area (Å²) in [6, 6.07) is 6.94. The minimum absolute atomic E-state index is 0.0532. The van der Waals surface area contributed by atoms with Crippen molar-refractivity contribution in [2.75, 3.05) is 11.1 Å². The normalized spacial score (nSPS) is 12.2. The van der Waals surface area contributed by atoms with E-state index in [4.69, 9.17) is 5.73 Å². The van der Waals surface area contributed by atoms with Crippen molar-refractivity contribution in [3.63, 3.8) is 0 Å². The van der Waals surface area contributed by atoms with Crippen LogP contribution in [0.15, 0.2) is 34.9 Å². The van der Waals surface area contributed by atoms with Gasteiger partial charge in [-0.2, -0.15) is 0 Å². The summed E-state index contributed by atoms with van der Waals surface area (Å²) in [7, 11) is 0. The molecule has 0 saturated heterocycles. The molecule has 2 aromatic rings. The van der Waals surface area contributed by atoms with E-state index in [1.165, 1.54) is 6.07 Å². The van der Waals surface area contributed by atoms with Gasteiger partial charge in [0.25, 0.3) is 0 Å². The molecular weight excluding hydrogens is 309 g/mol. The number of anilines is 2. The molecule has 0 aliphatic carbocycles. The number of hydrogen-bond acceptors (Lipinski definition) is 3. The zero-order chi connectivity index (χ0) is 14.0. The molecular formula is C14H15BrFN3. The minimum Gasteiger partial charge on any atom is -0.397 e. The molecule has 1 atom stereocenters. The largest absolute Gasteiger partial charge is 0.397 e. The summed E-state index contributed by atoms with van der Waals surface area (Å²) in [5.74, 6) is 0.484. The number of nitrogen functional groups attached to an aromatic ring is 1. The number of pyridine rings is 1. The van der Waals surface area contributed by atoms with Crippen LogP contribution in [-0.2, 0) is 0 Å². The number of nitrogens with one attached hydrogen (secondary N) is 1. The van der Waals surface area contributed by atoms with E-state index >= 15 is 0 Å². The van der Waals surface area contributed by atoms with Gasteiger partial charge in [-0.25, -0.2) is 9.37 Å². The SMILES string of the molecule is Cc1ccc(C(C)Nc2ncc(N)cc2Br)cc1F. The Hall–Kier alpha value is -1.62. The van der Waals surface area contributed by atoms with Crippen LogP contribution in [-0.4, -0.2) is 4.98 Å². The molecule has 0 aliphatic heterocycles. The molecule has 1 unspecified atom stereocenters. The number of aromatic nitrogens is 1. The lowest BCUT2D eigenvalue weighted by Crippen LogP contribution is -2.09. The fraction of sp³-hybridized carbons (Fsp3) is 0.214. The third-order valence-corrected chi connectivity index (χ3v) is 3.52. The van der Waals surface area contributed by atoms with Gasteiger partial charge in [-0.05, 0) is 53.0 Å². The molecule has 5 heteroatoms. The summed E-state index contributed by atoms with van der Waals surface area (Å²) in [6.07, 6.45) is 1.58. The van der Waals surface area contributed by atoms with Gasteiger partial charge in [-0.15, -0.1) is 0 Å². The average Bonchev–Trinajstić information content (AvgIpc) is 2.36. The quantitative estimate of drug-likeness (QED) is 0.896. The summed E-state index contributed by atoms with van der Waals surface area (Å²) in [4.78, 5) is 4.21. The van der Waals surface area contributed by atoms with Crippen LogP contribution < -0.4 is 11.1 Å². The summed E-state index contributed by atoms with van der Waals surface area (Å²) in [6.45, 7) is 3.70. The van der Waals surface area contributed by atoms with Crippen molar-refractivity contribution in [2.24, 2.45) is 0 Å². The molecule has 0 saturated carbocycles. The van der Waals surface area contributed by atoms with E-state index < -0.39 is 0 Å². The Kier molecular flexibility index (Phi) is 4.04. The molecule has 0 spiro atoms. The van der Waals surface area contributed by atoms with Gasteiger partial charge in [0.1, 0.15) is 11.6 Å². The smallest absolute Gasteiger partial charge is 0.140 e. The van der Waals surface area contributed by atoms with Gasteiger partial charge < -0.3 is 11.1 Å². The van der Waals surface area contributed by atoms with E-state index in [9.17, 15) is 4.39 Å². The highest BCUT2D eigenvalue weighted by Crippen LogP contribution is 2.26. The molecule has 2 rings (SSSR count). The average molecular weight is 324 g/mol. The third-order valence-electron chi connectivity index (χ3n) is 2.91. The van der Waals surface area contributed by atoms with Crippen molar-refractivity contribution in [2.45, 2.75) is 19.9 Å². The Balaban J connectivity index is 2.20. The number of nitrogens with two attached hydrogens (primary N) is 1. The Morgan fingerprint density at radius 2 is 2.11 bits per heavy atom. The topological polar surface area (TPSA) is 50.9 Å². The number of halogens is 2. The first-order valence-corrected chi connectivity index (χ1v) is 6.70. The lowest BCUT2D eigenvalue weighted by molar-refractivity contribution is 0.614. The highest BCUT2D eigenvalue weighted by atomic mass is 79.9. The van der Waals surface area contributed by atoms with E-state index in [1.54, 1.807) is 25.3 Å². The van der Waals surface area contributed by atoms with Crippen LogP contribution in [0, 0.1) is 12.7 Å². The molecule has 100 valence electrons. The molecule has 19 heavy (non-hydrogen) atoms. The second kappa shape index (κ2) is 5.57. The number of benzene rings is 1. The molecule has 0 radical (unpaired) electrons. The Bertz CT molecular complexity index is 601. The predicted molar refractivity (Wildman–Crippen MR) is 79.5 cm³/mol. The van der Waals surface area contributed by atoms with Crippen molar-refractivity contribution in [1.82, 2.24) is 4.98 Å². The second-order valence-corrected chi connectivity index (χ2v) is 5.33. The lowest BCUT2D eigenvalue weighted by Gasteiger charge is -2.16. The van der Waals surface area contributed by atoms with Gasteiger partial charge in [0.15, 0.2) is 0 Å². The number of rotatable bonds is 3. The van der Waals surface area contributed by atoms with E-state index in [-0.39, 0.29) is 11.9 Å². The highest BCUT2D eigenvalue weighted by Gasteiger charge is 2.10. The standard InChI is InChI=1S/C14H15BrFN3/c1-8-3-4-10(5-13(8)16)9(2)19-14-12(15)6-11(17)7-18-14/h3-7,9H,17H2,1-2H3,(H,18,19). The van der Waals surface area contributed by atoms with Crippen LogP contribution in [0.4, 0.5) is 15.9 Å². The van der Waals surface area contributed by atoms with Crippen LogP contribution in [0.1, 0.15) is 24.1 Å². The molecule has 0 aliphatic rings. The molecule has 1 aromatic heterocycles. The predicted octanol–water partition coefficient (Wildman–Crippen LogP) is 4.05. The van der Waals surface area contributed by atoms with Gasteiger partial charge in [-0.1, -0.05) is 12.1 Å². The third kappa shape index (κ3) is 3.23. The highest BCUT2D eigenvalue weighted by molar-refractivity contribution is 9.10. The number of hydrogen-bond donors (Lipinski definition) is 2. The van der Waals surface area contributed by atoms with Crippen molar-refractivity contribution in [3.05, 3.63) is 51.9 Å². The second-order valence-electron chi connectivity index (χ2n) is 4.47. The van der Waals surface area contributed by atoms with Crippen molar-refractivity contribution in [1.29, 1.82) is 0 Å². The first-order valence-electron chi connectivity index (χ1n) is 5.91. The Morgan fingerprint density at radius 3 is 2.74 bits per heavy atom. The maximum atomic E-state index is 13.5. The van der Waals surface area contributed by atoms with Gasteiger partial charge in [0, 0.05) is 0 Å². The first kappa shape index (κ1) is 13.8. The van der Waals surface area contributed by atoms with Gasteiger partial charge in [0.2, 0.25) is 0 Å². The molecule has 3 N–H and O–H groups in total. The molecule has 0 bridgehead atoms. The monoisotopic (exact) mass is 323 g/mol. The number of aryl methyl sites for hydroxylation is 1. The fourth-order valence-corrected chi connectivity index (χ4v) is 2.21. The van der Waals surface area contributed by atoms with Crippen LogP contribution in [0.3, 0.4) is 0 Å². The summed E-state index contributed by atoms with van der Waals surface area (Å²) < 4.78 is 14.3. The van der Waals surface area contributed by atoms with E-state index in [1.807, 2.05) is 13.0 Å². The van der Waals surface area contributed by atoms with Gasteiger partial charge >= 0.3 is 0 Å². The molecule has 0 amide bonds. The zero-order valence-corrected chi connectivity index (χ0v) is 12.3. The summed E-state index contributed by atoms with van der Waals surface area (Å²) in [5, 5.41) is 3.22. The molecule has 3 nitrogen and oxygen atoms in total. The van der Waals surface area contributed by atoms with Crippen molar-refractivity contribution in [3.8, 4) is 0 Å². The minimum atomic E-state index is -0.199. The van der Waals surface area contributed by atoms with Crippen molar-refractivity contribution >= 4 is 27.4 Å². The molecule has 1 heterocycles. The molecule has 0 fully saturated rings. The van der Waals surface area contributed by atoms with E-state index in [2.05, 4.69) is 26.2 Å². The van der Waals surface area contributed by atoms with Crippen LogP contribution in [0.5, 0.6) is 0 Å². The van der Waals surface area contributed by atoms with Gasteiger partial charge in [0.05, 0.1) is 22.4 Å². The Labute approximate surface area is 120 Å². The van der Waals surface area contributed by atoms with Gasteiger partial charge in [-0.3, -0.25) is 0 Å². The zero-order valence-electron chi connectivity index (χ0n) is 10.7. The lowest BCUT2D eigenvalue weighted by atomic mass is 10.1. The number of nitrogens with zero attached hydrogens (tertiary/aromatic N) is 1. The summed E-state index contributed by atoms with van der Waals surface area (Å²) >= 11 is 3.40. The summed E-state index contributed by atoms with van der Waals surface area (Å²) in [5.41, 5.74) is 7.74. The maximum absolute atomic E-state index is 13.5.